The predicted molar refractivity (Wildman–Crippen MR) is 68.2 cm³/mol. The number of halogens is 1. The van der Waals surface area contributed by atoms with Gasteiger partial charge >= 0.3 is 12.0 Å². The van der Waals surface area contributed by atoms with Crippen LogP contribution in [-0.2, 0) is 4.79 Å². The van der Waals surface area contributed by atoms with Crippen molar-refractivity contribution in [3.63, 3.8) is 0 Å². The van der Waals surface area contributed by atoms with E-state index in [1.807, 2.05) is 0 Å². The molecule has 1 aromatic carbocycles. The number of aliphatic carboxylic acids is 1. The van der Waals surface area contributed by atoms with Crippen LogP contribution in [0.2, 0.25) is 0 Å². The molecule has 0 aliphatic heterocycles. The molecule has 6 heteroatoms. The lowest BCUT2D eigenvalue weighted by Crippen LogP contribution is -2.42. The number of carboxylic acids is 1. The molecule has 0 aromatic heterocycles. The highest BCUT2D eigenvalue weighted by Crippen LogP contribution is 2.14. The standard InChI is InChI=1S/C13H13FN2O3/c1-3-4-11(12(17)18)16-13(19)15-10-6-5-8(2)7-9(10)14/h1,5-7,11H,4H2,2H3,(H,17,18)(H2,15,16,19). The maximum Gasteiger partial charge on any atom is 0.327 e. The molecule has 0 radical (unpaired) electrons. The molecule has 5 nitrogen and oxygen atoms in total. The molecule has 100 valence electrons. The Morgan fingerprint density at radius 3 is 2.74 bits per heavy atom. The summed E-state index contributed by atoms with van der Waals surface area (Å²) in [7, 11) is 0. The van der Waals surface area contributed by atoms with Gasteiger partial charge in [-0.3, -0.25) is 0 Å². The third-order valence-corrected chi connectivity index (χ3v) is 2.30. The number of hydrogen-bond donors (Lipinski definition) is 3. The van der Waals surface area contributed by atoms with Crippen molar-refractivity contribution in [2.75, 3.05) is 5.32 Å². The van der Waals surface area contributed by atoms with E-state index in [4.69, 9.17) is 11.5 Å². The summed E-state index contributed by atoms with van der Waals surface area (Å²) in [5.74, 6) is 0.289. The molecule has 1 rings (SSSR count). The molecule has 2 amide bonds. The van der Waals surface area contributed by atoms with Gasteiger partial charge in [-0.2, -0.15) is 0 Å². The normalized spacial score (nSPS) is 11.2. The predicted octanol–water partition coefficient (Wildman–Crippen LogP) is 1.73. The Balaban J connectivity index is 2.69. The van der Waals surface area contributed by atoms with Crippen molar-refractivity contribution in [2.24, 2.45) is 0 Å². The van der Waals surface area contributed by atoms with E-state index in [1.165, 1.54) is 12.1 Å². The summed E-state index contributed by atoms with van der Waals surface area (Å²) in [6.45, 7) is 1.71. The number of rotatable bonds is 4. The lowest BCUT2D eigenvalue weighted by Gasteiger charge is -2.13. The van der Waals surface area contributed by atoms with Crippen molar-refractivity contribution in [2.45, 2.75) is 19.4 Å². The van der Waals surface area contributed by atoms with Gasteiger partial charge in [0, 0.05) is 6.42 Å². The van der Waals surface area contributed by atoms with E-state index in [9.17, 15) is 14.0 Å². The van der Waals surface area contributed by atoms with Crippen LogP contribution in [0.4, 0.5) is 14.9 Å². The van der Waals surface area contributed by atoms with Crippen LogP contribution in [-0.4, -0.2) is 23.1 Å². The van der Waals surface area contributed by atoms with Crippen molar-refractivity contribution in [1.29, 1.82) is 0 Å². The van der Waals surface area contributed by atoms with E-state index in [0.29, 0.717) is 5.56 Å². The van der Waals surface area contributed by atoms with Gasteiger partial charge in [-0.05, 0) is 24.6 Å². The Morgan fingerprint density at radius 1 is 1.53 bits per heavy atom. The molecule has 0 bridgehead atoms. The van der Waals surface area contributed by atoms with Gasteiger partial charge in [0.15, 0.2) is 0 Å². The van der Waals surface area contributed by atoms with Crippen LogP contribution < -0.4 is 10.6 Å². The molecule has 0 fully saturated rings. The molecule has 0 aliphatic carbocycles. The summed E-state index contributed by atoms with van der Waals surface area (Å²) >= 11 is 0. The number of carbonyl (C=O) groups is 2. The van der Waals surface area contributed by atoms with Crippen molar-refractivity contribution < 1.29 is 19.1 Å². The summed E-state index contributed by atoms with van der Waals surface area (Å²) in [5.41, 5.74) is 0.673. The minimum absolute atomic E-state index is 0.0343. The Hall–Kier alpha value is -2.55. The van der Waals surface area contributed by atoms with Gasteiger partial charge in [-0.1, -0.05) is 6.07 Å². The minimum atomic E-state index is -1.25. The lowest BCUT2D eigenvalue weighted by molar-refractivity contribution is -0.139. The molecular formula is C13H13FN2O3. The summed E-state index contributed by atoms with van der Waals surface area (Å²) < 4.78 is 13.5. The van der Waals surface area contributed by atoms with Gasteiger partial charge in [-0.15, -0.1) is 12.3 Å². The van der Waals surface area contributed by atoms with Gasteiger partial charge in [-0.25, -0.2) is 14.0 Å². The number of terminal acetylenes is 1. The average Bonchev–Trinajstić information content (AvgIpc) is 2.32. The lowest BCUT2D eigenvalue weighted by atomic mass is 10.2. The topological polar surface area (TPSA) is 78.4 Å². The summed E-state index contributed by atoms with van der Waals surface area (Å²) in [6.07, 6.45) is 4.84. The van der Waals surface area contributed by atoms with Crippen LogP contribution in [0.1, 0.15) is 12.0 Å². The van der Waals surface area contributed by atoms with Crippen molar-refractivity contribution in [1.82, 2.24) is 5.32 Å². The molecule has 0 aliphatic rings. The Morgan fingerprint density at radius 2 is 2.21 bits per heavy atom. The summed E-state index contributed by atoms with van der Waals surface area (Å²) in [6, 6.07) is 2.23. The number of nitrogens with one attached hydrogen (secondary N) is 2. The first kappa shape index (κ1) is 14.5. The van der Waals surface area contributed by atoms with Crippen molar-refractivity contribution in [3.05, 3.63) is 29.6 Å². The van der Waals surface area contributed by atoms with Crippen LogP contribution in [0.25, 0.3) is 0 Å². The first-order valence-corrected chi connectivity index (χ1v) is 5.44. The summed E-state index contributed by atoms with van der Waals surface area (Å²) in [4.78, 5) is 22.3. The Bertz CT molecular complexity index is 537. The molecule has 0 saturated heterocycles. The molecule has 3 N–H and O–H groups in total. The third kappa shape index (κ3) is 4.32. The average molecular weight is 264 g/mol. The quantitative estimate of drug-likeness (QED) is 0.725. The molecule has 1 unspecified atom stereocenters. The fourth-order valence-corrected chi connectivity index (χ4v) is 1.36. The van der Waals surface area contributed by atoms with Crippen LogP contribution in [0.5, 0.6) is 0 Å². The number of carbonyl (C=O) groups excluding carboxylic acids is 1. The van der Waals surface area contributed by atoms with Crippen LogP contribution in [0.15, 0.2) is 18.2 Å². The first-order chi connectivity index (χ1) is 8.93. The third-order valence-electron chi connectivity index (χ3n) is 2.30. The van der Waals surface area contributed by atoms with Crippen LogP contribution >= 0.6 is 0 Å². The number of aryl methyl sites for hydroxylation is 1. The second-order valence-electron chi connectivity index (χ2n) is 3.88. The van der Waals surface area contributed by atoms with Gasteiger partial charge in [0.05, 0.1) is 5.69 Å². The highest BCUT2D eigenvalue weighted by Gasteiger charge is 2.19. The maximum atomic E-state index is 13.5. The number of anilines is 1. The Labute approximate surface area is 109 Å². The zero-order chi connectivity index (χ0) is 14.4. The first-order valence-electron chi connectivity index (χ1n) is 5.44. The fraction of sp³-hybridized carbons (Fsp3) is 0.231. The van der Waals surface area contributed by atoms with E-state index in [-0.39, 0.29) is 12.1 Å². The Kier molecular flexibility index (Phi) is 4.89. The van der Waals surface area contributed by atoms with Gasteiger partial charge < -0.3 is 15.7 Å². The zero-order valence-electron chi connectivity index (χ0n) is 10.2. The molecule has 0 heterocycles. The molecule has 1 atom stereocenters. The van der Waals surface area contributed by atoms with E-state index in [0.717, 1.165) is 0 Å². The van der Waals surface area contributed by atoms with Crippen molar-refractivity contribution >= 4 is 17.7 Å². The monoisotopic (exact) mass is 264 g/mol. The van der Waals surface area contributed by atoms with Gasteiger partial charge in [0.2, 0.25) is 0 Å². The van der Waals surface area contributed by atoms with Crippen LogP contribution in [0.3, 0.4) is 0 Å². The molecule has 1 aromatic rings. The van der Waals surface area contributed by atoms with E-state index in [2.05, 4.69) is 16.6 Å². The largest absolute Gasteiger partial charge is 0.480 e. The molecule has 0 saturated carbocycles. The smallest absolute Gasteiger partial charge is 0.327 e. The van der Waals surface area contributed by atoms with Gasteiger partial charge in [0.1, 0.15) is 11.9 Å². The van der Waals surface area contributed by atoms with E-state index in [1.54, 1.807) is 13.0 Å². The molecular weight excluding hydrogens is 251 g/mol. The fourth-order valence-electron chi connectivity index (χ4n) is 1.36. The number of carboxylic acid groups (broad SMARTS) is 1. The second-order valence-corrected chi connectivity index (χ2v) is 3.88. The highest BCUT2D eigenvalue weighted by molar-refractivity contribution is 5.92. The minimum Gasteiger partial charge on any atom is -0.480 e. The number of benzene rings is 1. The number of urea groups is 1. The second kappa shape index (κ2) is 6.40. The summed E-state index contributed by atoms with van der Waals surface area (Å²) in [5, 5.41) is 13.2. The zero-order valence-corrected chi connectivity index (χ0v) is 10.2. The maximum absolute atomic E-state index is 13.5. The molecule has 0 spiro atoms. The highest BCUT2D eigenvalue weighted by atomic mass is 19.1. The van der Waals surface area contributed by atoms with Crippen LogP contribution in [0, 0.1) is 25.1 Å². The van der Waals surface area contributed by atoms with E-state index < -0.39 is 23.9 Å². The van der Waals surface area contributed by atoms with Gasteiger partial charge in [0.25, 0.3) is 0 Å². The SMILES string of the molecule is C#CCC(NC(=O)Nc1ccc(C)cc1F)C(=O)O. The molecule has 19 heavy (non-hydrogen) atoms. The number of amides is 2. The number of hydrogen-bond acceptors (Lipinski definition) is 2. The van der Waals surface area contributed by atoms with E-state index >= 15 is 0 Å². The van der Waals surface area contributed by atoms with Crippen molar-refractivity contribution in [3.8, 4) is 12.3 Å².